The Morgan fingerprint density at radius 1 is 1.30 bits per heavy atom. The molecule has 20 heavy (non-hydrogen) atoms. The lowest BCUT2D eigenvalue weighted by molar-refractivity contribution is -0.135. The van der Waals surface area contributed by atoms with Crippen molar-refractivity contribution in [2.24, 2.45) is 0 Å². The number of methoxy groups -OCH3 is 1. The molecule has 3 nitrogen and oxygen atoms in total. The van der Waals surface area contributed by atoms with Gasteiger partial charge in [0.15, 0.2) is 0 Å². The van der Waals surface area contributed by atoms with E-state index in [4.69, 9.17) is 10.00 Å². The Morgan fingerprint density at radius 2 is 2.05 bits per heavy atom. The number of rotatable bonds is 7. The highest BCUT2D eigenvalue weighted by Gasteiger charge is 2.25. The number of halogens is 3. The highest BCUT2D eigenvalue weighted by Crippen LogP contribution is 2.22. The van der Waals surface area contributed by atoms with Crippen molar-refractivity contribution in [3.63, 3.8) is 0 Å². The predicted molar refractivity (Wildman–Crippen MR) is 69.3 cm³/mol. The molecule has 1 rings (SSSR count). The quantitative estimate of drug-likeness (QED) is 0.781. The third kappa shape index (κ3) is 5.93. The second-order valence-electron chi connectivity index (χ2n) is 4.40. The molecule has 0 fully saturated rings. The van der Waals surface area contributed by atoms with Gasteiger partial charge in [-0.05, 0) is 37.1 Å². The van der Waals surface area contributed by atoms with Crippen molar-refractivity contribution in [2.45, 2.75) is 32.0 Å². The maximum absolute atomic E-state index is 11.9. The Labute approximate surface area is 116 Å². The van der Waals surface area contributed by atoms with Crippen molar-refractivity contribution in [2.75, 3.05) is 13.7 Å². The normalized spacial score (nSPS) is 11.2. The monoisotopic (exact) mass is 286 g/mol. The van der Waals surface area contributed by atoms with E-state index in [0.29, 0.717) is 30.8 Å². The molecular weight excluding hydrogens is 269 g/mol. The van der Waals surface area contributed by atoms with Gasteiger partial charge >= 0.3 is 6.18 Å². The maximum atomic E-state index is 11.9. The SMILES string of the molecule is COc1cc(CNCCCCC(F)(F)F)ccc1C#N. The molecule has 0 heterocycles. The zero-order chi connectivity index (χ0) is 15.0. The van der Waals surface area contributed by atoms with Crippen molar-refractivity contribution in [1.82, 2.24) is 5.32 Å². The molecule has 0 atom stereocenters. The van der Waals surface area contributed by atoms with E-state index in [0.717, 1.165) is 5.56 Å². The number of alkyl halides is 3. The molecule has 0 radical (unpaired) electrons. The van der Waals surface area contributed by atoms with Gasteiger partial charge in [0.25, 0.3) is 0 Å². The molecule has 0 aromatic heterocycles. The summed E-state index contributed by atoms with van der Waals surface area (Å²) in [5.74, 6) is 0.504. The first-order chi connectivity index (χ1) is 9.46. The number of ether oxygens (including phenoxy) is 1. The zero-order valence-corrected chi connectivity index (χ0v) is 11.3. The molecule has 0 aliphatic rings. The number of hydrogen-bond acceptors (Lipinski definition) is 3. The van der Waals surface area contributed by atoms with Crippen LogP contribution < -0.4 is 10.1 Å². The Morgan fingerprint density at radius 3 is 2.65 bits per heavy atom. The predicted octanol–water partition coefficient (Wildman–Crippen LogP) is 3.39. The Hall–Kier alpha value is -1.74. The van der Waals surface area contributed by atoms with Gasteiger partial charge in [0.2, 0.25) is 0 Å². The van der Waals surface area contributed by atoms with Gasteiger partial charge in [0.1, 0.15) is 11.8 Å². The van der Waals surface area contributed by atoms with E-state index >= 15 is 0 Å². The summed E-state index contributed by atoms with van der Waals surface area (Å²) in [4.78, 5) is 0. The third-order valence-corrected chi connectivity index (χ3v) is 2.78. The van der Waals surface area contributed by atoms with Crippen LogP contribution in [0.1, 0.15) is 30.4 Å². The summed E-state index contributed by atoms with van der Waals surface area (Å²) in [6, 6.07) is 7.23. The maximum Gasteiger partial charge on any atom is 0.389 e. The molecule has 0 spiro atoms. The summed E-state index contributed by atoms with van der Waals surface area (Å²) in [5.41, 5.74) is 1.39. The summed E-state index contributed by atoms with van der Waals surface area (Å²) in [5, 5.41) is 11.9. The van der Waals surface area contributed by atoms with Gasteiger partial charge in [-0.2, -0.15) is 18.4 Å². The van der Waals surface area contributed by atoms with Crippen LogP contribution in [-0.4, -0.2) is 19.8 Å². The zero-order valence-electron chi connectivity index (χ0n) is 11.3. The summed E-state index contributed by atoms with van der Waals surface area (Å²) in [6.45, 7) is 1.06. The molecule has 0 aliphatic heterocycles. The number of benzene rings is 1. The Bertz CT molecular complexity index is 466. The molecule has 0 bridgehead atoms. The Balaban J connectivity index is 2.31. The van der Waals surface area contributed by atoms with Crippen LogP contribution in [0.3, 0.4) is 0 Å². The largest absolute Gasteiger partial charge is 0.495 e. The third-order valence-electron chi connectivity index (χ3n) is 2.78. The lowest BCUT2D eigenvalue weighted by Gasteiger charge is -2.09. The van der Waals surface area contributed by atoms with Gasteiger partial charge in [-0.3, -0.25) is 0 Å². The second kappa shape index (κ2) is 7.75. The first-order valence-corrected chi connectivity index (χ1v) is 6.31. The molecule has 0 aliphatic carbocycles. The van der Waals surface area contributed by atoms with Gasteiger partial charge in [-0.15, -0.1) is 0 Å². The number of unbranched alkanes of at least 4 members (excludes halogenated alkanes) is 1. The summed E-state index contributed by atoms with van der Waals surface area (Å²) >= 11 is 0. The van der Waals surface area contributed by atoms with Gasteiger partial charge in [-0.25, -0.2) is 0 Å². The number of nitriles is 1. The van der Waals surface area contributed by atoms with Crippen molar-refractivity contribution < 1.29 is 17.9 Å². The molecule has 0 unspecified atom stereocenters. The molecule has 1 aromatic rings. The lowest BCUT2D eigenvalue weighted by atomic mass is 10.1. The summed E-state index contributed by atoms with van der Waals surface area (Å²) < 4.78 is 40.9. The van der Waals surface area contributed by atoms with Gasteiger partial charge in [-0.1, -0.05) is 6.07 Å². The minimum absolute atomic E-state index is 0.132. The van der Waals surface area contributed by atoms with Crippen LogP contribution in [0.4, 0.5) is 13.2 Å². The van der Waals surface area contributed by atoms with Crippen molar-refractivity contribution >= 4 is 0 Å². The van der Waals surface area contributed by atoms with Crippen LogP contribution in [0, 0.1) is 11.3 Å². The van der Waals surface area contributed by atoms with E-state index in [1.807, 2.05) is 6.07 Å². The highest BCUT2D eigenvalue weighted by atomic mass is 19.4. The van der Waals surface area contributed by atoms with Crippen molar-refractivity contribution in [3.05, 3.63) is 29.3 Å². The fraction of sp³-hybridized carbons (Fsp3) is 0.500. The smallest absolute Gasteiger partial charge is 0.389 e. The molecule has 0 saturated carbocycles. The molecule has 1 N–H and O–H groups in total. The lowest BCUT2D eigenvalue weighted by Crippen LogP contribution is -2.16. The number of hydrogen-bond donors (Lipinski definition) is 1. The van der Waals surface area contributed by atoms with E-state index in [9.17, 15) is 13.2 Å². The van der Waals surface area contributed by atoms with Gasteiger partial charge in [0, 0.05) is 13.0 Å². The van der Waals surface area contributed by atoms with Crippen LogP contribution in [0.2, 0.25) is 0 Å². The van der Waals surface area contributed by atoms with Crippen LogP contribution in [0.25, 0.3) is 0 Å². The highest BCUT2D eigenvalue weighted by molar-refractivity contribution is 5.45. The van der Waals surface area contributed by atoms with Crippen LogP contribution in [-0.2, 0) is 6.54 Å². The minimum atomic E-state index is -4.07. The average Bonchev–Trinajstić information content (AvgIpc) is 2.41. The topological polar surface area (TPSA) is 45.0 Å². The first kappa shape index (κ1) is 16.3. The van der Waals surface area contributed by atoms with E-state index in [2.05, 4.69) is 5.32 Å². The molecular formula is C14H17F3N2O. The van der Waals surface area contributed by atoms with Crippen molar-refractivity contribution in [1.29, 1.82) is 5.26 Å². The molecule has 1 aromatic carbocycles. The summed E-state index contributed by atoms with van der Waals surface area (Å²) in [6.07, 6.45) is -4.19. The number of nitrogens with one attached hydrogen (secondary N) is 1. The minimum Gasteiger partial charge on any atom is -0.495 e. The van der Waals surface area contributed by atoms with E-state index < -0.39 is 12.6 Å². The fourth-order valence-electron chi connectivity index (χ4n) is 1.75. The Kier molecular flexibility index (Phi) is 6.32. The second-order valence-corrected chi connectivity index (χ2v) is 4.40. The van der Waals surface area contributed by atoms with Crippen LogP contribution in [0.15, 0.2) is 18.2 Å². The standard InChI is InChI=1S/C14H17F3N2O/c1-20-13-8-11(4-5-12(13)9-18)10-19-7-3-2-6-14(15,16)17/h4-5,8,19H,2-3,6-7,10H2,1H3. The van der Waals surface area contributed by atoms with E-state index in [-0.39, 0.29) is 6.42 Å². The number of nitrogens with zero attached hydrogens (tertiary/aromatic N) is 1. The van der Waals surface area contributed by atoms with E-state index in [1.165, 1.54) is 7.11 Å². The van der Waals surface area contributed by atoms with Crippen LogP contribution in [0.5, 0.6) is 5.75 Å². The van der Waals surface area contributed by atoms with Gasteiger partial charge in [0.05, 0.1) is 12.7 Å². The fourth-order valence-corrected chi connectivity index (χ4v) is 1.75. The average molecular weight is 286 g/mol. The van der Waals surface area contributed by atoms with Gasteiger partial charge < -0.3 is 10.1 Å². The molecule has 0 saturated heterocycles. The molecule has 110 valence electrons. The molecule has 6 heteroatoms. The van der Waals surface area contributed by atoms with Crippen LogP contribution >= 0.6 is 0 Å². The summed E-state index contributed by atoms with van der Waals surface area (Å²) in [7, 11) is 1.49. The van der Waals surface area contributed by atoms with Crippen molar-refractivity contribution in [3.8, 4) is 11.8 Å². The molecule has 0 amide bonds. The first-order valence-electron chi connectivity index (χ1n) is 6.31. The van der Waals surface area contributed by atoms with E-state index in [1.54, 1.807) is 18.2 Å².